The Bertz CT molecular complexity index is 1120. The summed E-state index contributed by atoms with van der Waals surface area (Å²) in [6.07, 6.45) is 1.80. The maximum Gasteiger partial charge on any atom is 0.226 e. The number of hydrogen-bond donors (Lipinski definition) is 2. The number of nitrogens with one attached hydrogen (secondary N) is 2. The molecule has 9 heteroatoms. The zero-order chi connectivity index (χ0) is 20.3. The van der Waals surface area contributed by atoms with Crippen LogP contribution in [0, 0.1) is 0 Å². The van der Waals surface area contributed by atoms with E-state index in [1.54, 1.807) is 17.7 Å². The van der Waals surface area contributed by atoms with E-state index < -0.39 is 0 Å². The van der Waals surface area contributed by atoms with Crippen molar-refractivity contribution in [2.45, 2.75) is 6.92 Å². The van der Waals surface area contributed by atoms with Crippen LogP contribution in [0.4, 0.5) is 23.1 Å². The van der Waals surface area contributed by atoms with Gasteiger partial charge in [0, 0.05) is 36.4 Å². The average molecular weight is 422 g/mol. The molecule has 8 nitrogen and oxygen atoms in total. The van der Waals surface area contributed by atoms with Crippen molar-refractivity contribution >= 4 is 45.6 Å². The number of fused-ring (bicyclic) bond motifs is 1. The lowest BCUT2D eigenvalue weighted by atomic mass is 10.2. The highest BCUT2D eigenvalue weighted by Crippen LogP contribution is 2.28. The Labute approximate surface area is 178 Å². The highest BCUT2D eigenvalue weighted by molar-refractivity contribution is 7.08. The summed E-state index contributed by atoms with van der Waals surface area (Å²) < 4.78 is 7.43. The Balaban J connectivity index is 1.47. The SMILES string of the molecule is CCNc1nc(Nc2ccc(N3CCOCC3)cc2)c2ncn(-c3ccsc3)c2n1. The van der Waals surface area contributed by atoms with Gasteiger partial charge in [0.1, 0.15) is 6.33 Å². The molecule has 0 atom stereocenters. The van der Waals surface area contributed by atoms with Crippen LogP contribution < -0.4 is 15.5 Å². The molecule has 0 unspecified atom stereocenters. The first-order valence-corrected chi connectivity index (χ1v) is 11.0. The van der Waals surface area contributed by atoms with Gasteiger partial charge in [-0.15, -0.1) is 0 Å². The number of ether oxygens (including phenoxy) is 1. The largest absolute Gasteiger partial charge is 0.378 e. The molecule has 0 amide bonds. The normalized spacial score (nSPS) is 14.2. The molecule has 2 N–H and O–H groups in total. The van der Waals surface area contributed by atoms with Gasteiger partial charge in [-0.3, -0.25) is 4.57 Å². The molecule has 0 spiro atoms. The van der Waals surface area contributed by atoms with Crippen LogP contribution in [0.25, 0.3) is 16.9 Å². The average Bonchev–Trinajstić information content (AvgIpc) is 3.45. The third-order valence-corrected chi connectivity index (χ3v) is 5.69. The number of imidazole rings is 1. The van der Waals surface area contributed by atoms with Gasteiger partial charge in [-0.2, -0.15) is 21.3 Å². The highest BCUT2D eigenvalue weighted by atomic mass is 32.1. The number of morpholine rings is 1. The minimum Gasteiger partial charge on any atom is -0.378 e. The van der Waals surface area contributed by atoms with Crippen LogP contribution in [0.1, 0.15) is 6.92 Å². The maximum absolute atomic E-state index is 5.44. The van der Waals surface area contributed by atoms with Crippen molar-refractivity contribution < 1.29 is 4.74 Å². The van der Waals surface area contributed by atoms with E-state index in [9.17, 15) is 0 Å². The molecule has 5 rings (SSSR count). The van der Waals surface area contributed by atoms with Crippen LogP contribution in [0.3, 0.4) is 0 Å². The summed E-state index contributed by atoms with van der Waals surface area (Å²) in [5.41, 5.74) is 4.71. The van der Waals surface area contributed by atoms with E-state index in [0.29, 0.717) is 11.8 Å². The number of aromatic nitrogens is 4. The molecule has 1 fully saturated rings. The second kappa shape index (κ2) is 8.29. The van der Waals surface area contributed by atoms with Crippen molar-refractivity contribution in [3.63, 3.8) is 0 Å². The third kappa shape index (κ3) is 3.69. The van der Waals surface area contributed by atoms with E-state index in [0.717, 1.165) is 55.4 Å². The summed E-state index contributed by atoms with van der Waals surface area (Å²) in [4.78, 5) is 16.3. The summed E-state index contributed by atoms with van der Waals surface area (Å²) in [6, 6.07) is 10.4. The topological polar surface area (TPSA) is 80.1 Å². The molecular formula is C21H23N7OS. The number of benzene rings is 1. The molecule has 0 radical (unpaired) electrons. The molecular weight excluding hydrogens is 398 g/mol. The van der Waals surface area contributed by atoms with Crippen molar-refractivity contribution in [2.75, 3.05) is 48.4 Å². The first-order valence-electron chi connectivity index (χ1n) is 10.0. The summed E-state index contributed by atoms with van der Waals surface area (Å²) >= 11 is 1.65. The fraction of sp³-hybridized carbons (Fsp3) is 0.286. The van der Waals surface area contributed by atoms with E-state index in [1.807, 2.05) is 16.9 Å². The van der Waals surface area contributed by atoms with Crippen LogP contribution in [0.5, 0.6) is 0 Å². The summed E-state index contributed by atoms with van der Waals surface area (Å²) in [6.45, 7) is 6.17. The van der Waals surface area contributed by atoms with Crippen molar-refractivity contribution in [1.29, 1.82) is 0 Å². The van der Waals surface area contributed by atoms with Gasteiger partial charge in [0.25, 0.3) is 0 Å². The zero-order valence-electron chi connectivity index (χ0n) is 16.7. The fourth-order valence-corrected chi connectivity index (χ4v) is 4.15. The molecule has 0 saturated carbocycles. The minimum atomic E-state index is 0.578. The lowest BCUT2D eigenvalue weighted by Crippen LogP contribution is -2.36. The quantitative estimate of drug-likeness (QED) is 0.489. The van der Waals surface area contributed by atoms with E-state index in [1.165, 1.54) is 5.69 Å². The van der Waals surface area contributed by atoms with Gasteiger partial charge in [-0.25, -0.2) is 4.98 Å². The Kier molecular flexibility index (Phi) is 5.20. The molecule has 4 aromatic rings. The first kappa shape index (κ1) is 18.8. The third-order valence-electron chi connectivity index (χ3n) is 5.02. The number of rotatable bonds is 6. The lowest BCUT2D eigenvalue weighted by molar-refractivity contribution is 0.122. The molecule has 154 valence electrons. The van der Waals surface area contributed by atoms with Gasteiger partial charge in [0.15, 0.2) is 17.0 Å². The van der Waals surface area contributed by atoms with Crippen molar-refractivity contribution in [2.24, 2.45) is 0 Å². The Hall–Kier alpha value is -3.17. The summed E-state index contributed by atoms with van der Waals surface area (Å²) in [5, 5.41) is 10.8. The van der Waals surface area contributed by atoms with E-state index >= 15 is 0 Å². The van der Waals surface area contributed by atoms with Crippen LogP contribution in [0.15, 0.2) is 47.4 Å². The van der Waals surface area contributed by atoms with Gasteiger partial charge >= 0.3 is 0 Å². The number of hydrogen-bond acceptors (Lipinski definition) is 8. The molecule has 1 aliphatic heterocycles. The van der Waals surface area contributed by atoms with E-state index in [2.05, 4.69) is 66.2 Å². The Morgan fingerprint density at radius 3 is 2.63 bits per heavy atom. The smallest absolute Gasteiger partial charge is 0.226 e. The Morgan fingerprint density at radius 2 is 1.90 bits per heavy atom. The van der Waals surface area contributed by atoms with Crippen LogP contribution in [-0.2, 0) is 4.74 Å². The van der Waals surface area contributed by atoms with E-state index in [-0.39, 0.29) is 0 Å². The number of anilines is 4. The minimum absolute atomic E-state index is 0.578. The zero-order valence-corrected chi connectivity index (χ0v) is 17.5. The summed E-state index contributed by atoms with van der Waals surface area (Å²) in [5.74, 6) is 1.26. The van der Waals surface area contributed by atoms with Crippen molar-refractivity contribution in [1.82, 2.24) is 19.5 Å². The van der Waals surface area contributed by atoms with Gasteiger partial charge in [-0.05, 0) is 42.6 Å². The molecule has 4 heterocycles. The van der Waals surface area contributed by atoms with Gasteiger partial charge in [-0.1, -0.05) is 0 Å². The van der Waals surface area contributed by atoms with Crippen LogP contribution in [0.2, 0.25) is 0 Å². The van der Waals surface area contributed by atoms with Crippen LogP contribution >= 0.6 is 11.3 Å². The highest BCUT2D eigenvalue weighted by Gasteiger charge is 2.15. The second-order valence-electron chi connectivity index (χ2n) is 6.97. The van der Waals surface area contributed by atoms with Crippen molar-refractivity contribution in [3.05, 3.63) is 47.4 Å². The predicted octanol–water partition coefficient (Wildman–Crippen LogP) is 3.89. The molecule has 1 saturated heterocycles. The van der Waals surface area contributed by atoms with Gasteiger partial charge in [0.2, 0.25) is 5.95 Å². The molecule has 1 aromatic carbocycles. The molecule has 1 aliphatic rings. The fourth-order valence-electron chi connectivity index (χ4n) is 3.52. The molecule has 30 heavy (non-hydrogen) atoms. The molecule has 0 aliphatic carbocycles. The standard InChI is InChI=1S/C21H23N7OS/c1-2-22-21-25-19(18-20(26-21)28(14-23-18)17-7-12-30-13-17)24-15-3-5-16(6-4-15)27-8-10-29-11-9-27/h3-7,12-14H,2,8-11H2,1H3,(H2,22,24,25,26). The number of nitrogens with zero attached hydrogens (tertiary/aromatic N) is 5. The Morgan fingerprint density at radius 1 is 1.07 bits per heavy atom. The lowest BCUT2D eigenvalue weighted by Gasteiger charge is -2.28. The van der Waals surface area contributed by atoms with Crippen LogP contribution in [-0.4, -0.2) is 52.4 Å². The molecule has 0 bridgehead atoms. The predicted molar refractivity (Wildman–Crippen MR) is 121 cm³/mol. The summed E-state index contributed by atoms with van der Waals surface area (Å²) in [7, 11) is 0. The maximum atomic E-state index is 5.44. The first-order chi connectivity index (χ1) is 14.8. The molecule has 3 aromatic heterocycles. The van der Waals surface area contributed by atoms with E-state index in [4.69, 9.17) is 4.74 Å². The van der Waals surface area contributed by atoms with Gasteiger partial charge in [0.05, 0.1) is 18.9 Å². The number of thiophene rings is 1. The monoisotopic (exact) mass is 421 g/mol. The van der Waals surface area contributed by atoms with Gasteiger partial charge < -0.3 is 20.3 Å². The van der Waals surface area contributed by atoms with Crippen molar-refractivity contribution in [3.8, 4) is 5.69 Å². The second-order valence-corrected chi connectivity index (χ2v) is 7.75.